The lowest BCUT2D eigenvalue weighted by atomic mass is 9.88. The lowest BCUT2D eigenvalue weighted by molar-refractivity contribution is -0.121. The van der Waals surface area contributed by atoms with Gasteiger partial charge in [-0.15, -0.1) is 0 Å². The number of nitrogens with one attached hydrogen (secondary N) is 2. The summed E-state index contributed by atoms with van der Waals surface area (Å²) in [6, 6.07) is 8.80. The summed E-state index contributed by atoms with van der Waals surface area (Å²) in [5.74, 6) is 0.0966. The highest BCUT2D eigenvalue weighted by Crippen LogP contribution is 2.20. The predicted octanol–water partition coefficient (Wildman–Crippen LogP) is 2.05. The van der Waals surface area contributed by atoms with Gasteiger partial charge in [-0.2, -0.15) is 0 Å². The molecule has 104 valence electrons. The molecule has 0 aliphatic heterocycles. The van der Waals surface area contributed by atoms with Crippen LogP contribution in [0.15, 0.2) is 24.3 Å². The normalized spacial score (nSPS) is 18.8. The van der Waals surface area contributed by atoms with E-state index in [0.717, 1.165) is 19.3 Å². The number of amides is 1. The average Bonchev–Trinajstić information content (AvgIpc) is 2.35. The second-order valence-electron chi connectivity index (χ2n) is 6.38. The Labute approximate surface area is 115 Å². The van der Waals surface area contributed by atoms with Crippen LogP contribution in [0.25, 0.3) is 0 Å². The molecule has 0 aromatic heterocycles. The summed E-state index contributed by atoms with van der Waals surface area (Å²) in [5, 5.41) is 6.35. The topological polar surface area (TPSA) is 41.1 Å². The van der Waals surface area contributed by atoms with Gasteiger partial charge in [0.1, 0.15) is 0 Å². The molecule has 0 heterocycles. The third-order valence-electron chi connectivity index (χ3n) is 3.49. The SMILES string of the molecule is CC(C)(C)NCC(=O)NC1CCc2ccccc2C1. The zero-order valence-electron chi connectivity index (χ0n) is 12.1. The van der Waals surface area contributed by atoms with Gasteiger partial charge in [0.25, 0.3) is 0 Å². The summed E-state index contributed by atoms with van der Waals surface area (Å²) >= 11 is 0. The van der Waals surface area contributed by atoms with E-state index in [1.807, 2.05) is 0 Å². The molecule has 0 saturated carbocycles. The van der Waals surface area contributed by atoms with Crippen molar-refractivity contribution in [2.45, 2.75) is 51.6 Å². The fourth-order valence-corrected chi connectivity index (χ4v) is 2.45. The summed E-state index contributed by atoms with van der Waals surface area (Å²) < 4.78 is 0. The number of hydrogen-bond acceptors (Lipinski definition) is 2. The zero-order chi connectivity index (χ0) is 13.9. The van der Waals surface area contributed by atoms with Crippen LogP contribution in [0.5, 0.6) is 0 Å². The van der Waals surface area contributed by atoms with E-state index >= 15 is 0 Å². The maximum atomic E-state index is 11.9. The van der Waals surface area contributed by atoms with Crippen molar-refractivity contribution >= 4 is 5.91 Å². The van der Waals surface area contributed by atoms with E-state index in [-0.39, 0.29) is 17.5 Å². The molecule has 3 heteroatoms. The average molecular weight is 260 g/mol. The van der Waals surface area contributed by atoms with Crippen molar-refractivity contribution < 1.29 is 4.79 Å². The van der Waals surface area contributed by atoms with Gasteiger partial charge in [0, 0.05) is 11.6 Å². The number of aryl methyl sites for hydroxylation is 1. The van der Waals surface area contributed by atoms with Crippen LogP contribution in [0.3, 0.4) is 0 Å². The molecule has 1 unspecified atom stereocenters. The van der Waals surface area contributed by atoms with Crippen molar-refractivity contribution in [2.75, 3.05) is 6.54 Å². The van der Waals surface area contributed by atoms with Gasteiger partial charge < -0.3 is 10.6 Å². The first kappa shape index (κ1) is 14.1. The van der Waals surface area contributed by atoms with E-state index in [1.165, 1.54) is 11.1 Å². The predicted molar refractivity (Wildman–Crippen MR) is 78.2 cm³/mol. The Morgan fingerprint density at radius 1 is 1.26 bits per heavy atom. The van der Waals surface area contributed by atoms with Crippen LogP contribution in [0.4, 0.5) is 0 Å². The van der Waals surface area contributed by atoms with Gasteiger partial charge in [-0.3, -0.25) is 4.79 Å². The van der Waals surface area contributed by atoms with Crippen molar-refractivity contribution in [3.8, 4) is 0 Å². The molecule has 0 radical (unpaired) electrons. The quantitative estimate of drug-likeness (QED) is 0.873. The molecule has 1 aliphatic carbocycles. The summed E-state index contributed by atoms with van der Waals surface area (Å²) in [6.45, 7) is 6.59. The minimum absolute atomic E-state index is 0.0174. The first-order valence-corrected chi connectivity index (χ1v) is 7.05. The second kappa shape index (κ2) is 5.74. The fourth-order valence-electron chi connectivity index (χ4n) is 2.45. The van der Waals surface area contributed by atoms with E-state index < -0.39 is 0 Å². The largest absolute Gasteiger partial charge is 0.352 e. The van der Waals surface area contributed by atoms with Crippen LogP contribution in [-0.2, 0) is 17.6 Å². The number of carbonyl (C=O) groups is 1. The molecule has 0 saturated heterocycles. The second-order valence-corrected chi connectivity index (χ2v) is 6.38. The molecule has 1 amide bonds. The maximum absolute atomic E-state index is 11.9. The van der Waals surface area contributed by atoms with Crippen molar-refractivity contribution in [2.24, 2.45) is 0 Å². The van der Waals surface area contributed by atoms with E-state index in [2.05, 4.69) is 55.7 Å². The first-order chi connectivity index (χ1) is 8.94. The Bertz CT molecular complexity index is 448. The van der Waals surface area contributed by atoms with Crippen molar-refractivity contribution in [1.82, 2.24) is 10.6 Å². The smallest absolute Gasteiger partial charge is 0.234 e. The molecule has 0 fully saturated rings. The standard InChI is InChI=1S/C16H24N2O/c1-16(2,3)17-11-15(19)18-14-9-8-12-6-4-5-7-13(12)10-14/h4-7,14,17H,8-11H2,1-3H3,(H,18,19). The van der Waals surface area contributed by atoms with E-state index in [9.17, 15) is 4.79 Å². The fraction of sp³-hybridized carbons (Fsp3) is 0.562. The molecule has 1 aromatic carbocycles. The maximum Gasteiger partial charge on any atom is 0.234 e. The Balaban J connectivity index is 1.84. The van der Waals surface area contributed by atoms with Gasteiger partial charge in [0.2, 0.25) is 5.91 Å². The Hall–Kier alpha value is -1.35. The Morgan fingerprint density at radius 3 is 2.63 bits per heavy atom. The molecule has 0 bridgehead atoms. The Kier molecular flexibility index (Phi) is 4.25. The van der Waals surface area contributed by atoms with Gasteiger partial charge in [-0.25, -0.2) is 0 Å². The molecule has 1 aliphatic rings. The number of hydrogen-bond donors (Lipinski definition) is 2. The van der Waals surface area contributed by atoms with Gasteiger partial charge in [0.05, 0.1) is 6.54 Å². The highest BCUT2D eigenvalue weighted by molar-refractivity contribution is 5.78. The summed E-state index contributed by atoms with van der Waals surface area (Å²) in [7, 11) is 0. The Morgan fingerprint density at radius 2 is 1.95 bits per heavy atom. The summed E-state index contributed by atoms with van der Waals surface area (Å²) in [4.78, 5) is 11.9. The van der Waals surface area contributed by atoms with Crippen LogP contribution in [0.2, 0.25) is 0 Å². The van der Waals surface area contributed by atoms with Gasteiger partial charge in [-0.05, 0) is 51.2 Å². The molecule has 2 rings (SSSR count). The molecule has 0 spiro atoms. The zero-order valence-corrected chi connectivity index (χ0v) is 12.1. The number of benzene rings is 1. The minimum Gasteiger partial charge on any atom is -0.352 e. The third-order valence-corrected chi connectivity index (χ3v) is 3.49. The monoisotopic (exact) mass is 260 g/mol. The van der Waals surface area contributed by atoms with Crippen LogP contribution >= 0.6 is 0 Å². The molecule has 1 aromatic rings. The van der Waals surface area contributed by atoms with E-state index in [4.69, 9.17) is 0 Å². The van der Waals surface area contributed by atoms with E-state index in [1.54, 1.807) is 0 Å². The van der Waals surface area contributed by atoms with Gasteiger partial charge in [0.15, 0.2) is 0 Å². The van der Waals surface area contributed by atoms with Crippen LogP contribution in [0, 0.1) is 0 Å². The van der Waals surface area contributed by atoms with Crippen molar-refractivity contribution in [3.63, 3.8) is 0 Å². The molecule has 3 nitrogen and oxygen atoms in total. The lowest BCUT2D eigenvalue weighted by Crippen LogP contribution is -2.47. The van der Waals surface area contributed by atoms with Crippen LogP contribution < -0.4 is 10.6 Å². The van der Waals surface area contributed by atoms with E-state index in [0.29, 0.717) is 6.54 Å². The van der Waals surface area contributed by atoms with Gasteiger partial charge >= 0.3 is 0 Å². The van der Waals surface area contributed by atoms with Gasteiger partial charge in [-0.1, -0.05) is 24.3 Å². The van der Waals surface area contributed by atoms with Crippen LogP contribution in [-0.4, -0.2) is 24.0 Å². The molecule has 1 atom stereocenters. The lowest BCUT2D eigenvalue weighted by Gasteiger charge is -2.26. The number of fused-ring (bicyclic) bond motifs is 1. The molecular weight excluding hydrogens is 236 g/mol. The number of rotatable bonds is 3. The highest BCUT2D eigenvalue weighted by Gasteiger charge is 2.20. The minimum atomic E-state index is -0.0174. The molecule has 2 N–H and O–H groups in total. The highest BCUT2D eigenvalue weighted by atomic mass is 16.2. The van der Waals surface area contributed by atoms with Crippen molar-refractivity contribution in [1.29, 1.82) is 0 Å². The first-order valence-electron chi connectivity index (χ1n) is 7.05. The molecular formula is C16H24N2O. The van der Waals surface area contributed by atoms with Crippen molar-refractivity contribution in [3.05, 3.63) is 35.4 Å². The van der Waals surface area contributed by atoms with Crippen LogP contribution in [0.1, 0.15) is 38.3 Å². The third kappa shape index (κ3) is 4.35. The summed E-state index contributed by atoms with van der Waals surface area (Å²) in [6.07, 6.45) is 3.06. The number of carbonyl (C=O) groups excluding carboxylic acids is 1. The summed E-state index contributed by atoms with van der Waals surface area (Å²) in [5.41, 5.74) is 2.79. The molecule has 19 heavy (non-hydrogen) atoms.